The van der Waals surface area contributed by atoms with E-state index in [1.165, 1.54) is 11.1 Å². The van der Waals surface area contributed by atoms with Crippen LogP contribution in [0.15, 0.2) is 18.2 Å². The van der Waals surface area contributed by atoms with Gasteiger partial charge in [-0.2, -0.15) is 0 Å². The second-order valence-corrected chi connectivity index (χ2v) is 8.99. The summed E-state index contributed by atoms with van der Waals surface area (Å²) in [6.07, 6.45) is 7.23. The second-order valence-electron chi connectivity index (χ2n) is 8.99. The van der Waals surface area contributed by atoms with Crippen LogP contribution >= 0.6 is 0 Å². The Labute approximate surface area is 173 Å². The minimum absolute atomic E-state index is 0.143. The molecule has 0 radical (unpaired) electrons. The van der Waals surface area contributed by atoms with Crippen LogP contribution in [0.1, 0.15) is 49.7 Å². The summed E-state index contributed by atoms with van der Waals surface area (Å²) in [5.74, 6) is -0.205. The van der Waals surface area contributed by atoms with E-state index in [0.717, 1.165) is 76.8 Å². The molecule has 1 aromatic rings. The summed E-state index contributed by atoms with van der Waals surface area (Å²) >= 11 is 0. The molecule has 6 nitrogen and oxygen atoms in total. The van der Waals surface area contributed by atoms with Crippen LogP contribution in [0.5, 0.6) is 0 Å². The minimum atomic E-state index is -0.704. The van der Waals surface area contributed by atoms with Crippen molar-refractivity contribution >= 4 is 17.7 Å². The maximum Gasteiger partial charge on any atom is 0.324 e. The first-order chi connectivity index (χ1) is 14.0. The summed E-state index contributed by atoms with van der Waals surface area (Å²) in [6.45, 7) is 3.72. The first kappa shape index (κ1) is 20.2. The highest BCUT2D eigenvalue weighted by molar-refractivity contribution is 5.94. The van der Waals surface area contributed by atoms with E-state index >= 15 is 0 Å². The van der Waals surface area contributed by atoms with Gasteiger partial charge in [0.15, 0.2) is 0 Å². The van der Waals surface area contributed by atoms with Gasteiger partial charge in [0.25, 0.3) is 0 Å². The molecule has 0 unspecified atom stereocenters. The molecule has 29 heavy (non-hydrogen) atoms. The molecule has 1 saturated carbocycles. The fourth-order valence-electron chi connectivity index (χ4n) is 5.20. The molecular weight excluding hydrogens is 366 g/mol. The van der Waals surface area contributed by atoms with Crippen LogP contribution in [0.3, 0.4) is 0 Å². The molecule has 3 aliphatic rings. The van der Waals surface area contributed by atoms with E-state index in [2.05, 4.69) is 35.0 Å². The molecule has 1 N–H and O–H groups in total. The third-order valence-electron chi connectivity index (χ3n) is 7.09. The van der Waals surface area contributed by atoms with Crippen LogP contribution < -0.4 is 4.90 Å². The van der Waals surface area contributed by atoms with Gasteiger partial charge >= 0.3 is 12.0 Å². The SMILES string of the molecule is CN1CCc2ccc(N3CCN(C4CCC(CCC(=O)O)CC4)C3=O)cc2CC1. The normalized spacial score (nSPS) is 25.8. The number of likely N-dealkylation sites (N-methyl/N-ethyl adjacent to an activating group) is 1. The summed E-state index contributed by atoms with van der Waals surface area (Å²) in [4.78, 5) is 30.3. The van der Waals surface area contributed by atoms with Gasteiger partial charge in [0.05, 0.1) is 0 Å². The van der Waals surface area contributed by atoms with E-state index in [4.69, 9.17) is 5.11 Å². The molecule has 4 rings (SSSR count). The van der Waals surface area contributed by atoms with Crippen LogP contribution in [-0.2, 0) is 17.6 Å². The van der Waals surface area contributed by atoms with E-state index in [-0.39, 0.29) is 12.5 Å². The van der Waals surface area contributed by atoms with Gasteiger partial charge in [-0.15, -0.1) is 0 Å². The van der Waals surface area contributed by atoms with Crippen molar-refractivity contribution in [3.05, 3.63) is 29.3 Å². The van der Waals surface area contributed by atoms with Crippen LogP contribution in [0.2, 0.25) is 0 Å². The van der Waals surface area contributed by atoms with Gasteiger partial charge in [0.1, 0.15) is 0 Å². The zero-order valence-corrected chi connectivity index (χ0v) is 17.5. The van der Waals surface area contributed by atoms with Gasteiger partial charge in [-0.25, -0.2) is 4.79 Å². The molecule has 1 saturated heterocycles. The Morgan fingerprint density at radius 1 is 1.03 bits per heavy atom. The topological polar surface area (TPSA) is 64.1 Å². The van der Waals surface area contributed by atoms with E-state index in [0.29, 0.717) is 12.0 Å². The molecule has 2 amide bonds. The van der Waals surface area contributed by atoms with Crippen molar-refractivity contribution in [1.82, 2.24) is 9.80 Å². The van der Waals surface area contributed by atoms with Gasteiger partial charge in [0, 0.05) is 44.3 Å². The number of benzene rings is 1. The Morgan fingerprint density at radius 2 is 1.76 bits per heavy atom. The molecule has 2 fully saturated rings. The third-order valence-corrected chi connectivity index (χ3v) is 7.09. The minimum Gasteiger partial charge on any atom is -0.481 e. The summed E-state index contributed by atoms with van der Waals surface area (Å²) in [7, 11) is 2.17. The summed E-state index contributed by atoms with van der Waals surface area (Å²) < 4.78 is 0. The molecule has 158 valence electrons. The predicted octanol–water partition coefficient (Wildman–Crippen LogP) is 3.38. The molecule has 0 aromatic heterocycles. The average molecular weight is 400 g/mol. The van der Waals surface area contributed by atoms with Crippen LogP contribution in [0.25, 0.3) is 0 Å². The van der Waals surface area contributed by atoms with E-state index in [1.807, 2.05) is 4.90 Å². The number of urea groups is 1. The molecule has 0 spiro atoms. The van der Waals surface area contributed by atoms with Crippen molar-refractivity contribution in [3.63, 3.8) is 0 Å². The van der Waals surface area contributed by atoms with Crippen molar-refractivity contribution in [3.8, 4) is 0 Å². The molecule has 0 atom stereocenters. The van der Waals surface area contributed by atoms with Gasteiger partial charge < -0.3 is 14.9 Å². The fourth-order valence-corrected chi connectivity index (χ4v) is 5.20. The van der Waals surface area contributed by atoms with E-state index in [1.54, 1.807) is 0 Å². The number of carbonyl (C=O) groups is 2. The third kappa shape index (κ3) is 4.58. The second kappa shape index (κ2) is 8.74. The standard InChI is InChI=1S/C23H33N3O3/c1-24-12-10-18-5-8-21(16-19(18)11-13-24)26-15-14-25(23(26)29)20-6-2-17(3-7-20)4-9-22(27)28/h5,8,16-17,20H,2-4,6-7,9-15H2,1H3,(H,27,28). The number of aliphatic carboxylic acids is 1. The smallest absolute Gasteiger partial charge is 0.324 e. The number of carboxylic acids is 1. The first-order valence-corrected chi connectivity index (χ1v) is 11.1. The maximum absolute atomic E-state index is 13.2. The molecule has 1 aromatic carbocycles. The van der Waals surface area contributed by atoms with Gasteiger partial charge in [-0.05, 0) is 81.2 Å². The number of nitrogens with zero attached hydrogens (tertiary/aromatic N) is 3. The van der Waals surface area contributed by atoms with Gasteiger partial charge in [0.2, 0.25) is 0 Å². The lowest BCUT2D eigenvalue weighted by atomic mass is 9.83. The highest BCUT2D eigenvalue weighted by Gasteiger charge is 2.36. The fraction of sp³-hybridized carbons (Fsp3) is 0.652. The Morgan fingerprint density at radius 3 is 2.48 bits per heavy atom. The monoisotopic (exact) mass is 399 g/mol. The number of fused-ring (bicyclic) bond motifs is 1. The quantitative estimate of drug-likeness (QED) is 0.824. The highest BCUT2D eigenvalue weighted by atomic mass is 16.4. The highest BCUT2D eigenvalue weighted by Crippen LogP contribution is 2.33. The van der Waals surface area contributed by atoms with Crippen LogP contribution in [0.4, 0.5) is 10.5 Å². The summed E-state index contributed by atoms with van der Waals surface area (Å²) in [5.41, 5.74) is 3.84. The molecular formula is C23H33N3O3. The van der Waals surface area contributed by atoms with Crippen LogP contribution in [0, 0.1) is 5.92 Å². The van der Waals surface area contributed by atoms with Crippen molar-refractivity contribution in [2.24, 2.45) is 5.92 Å². The number of anilines is 1. The lowest BCUT2D eigenvalue weighted by molar-refractivity contribution is -0.137. The molecule has 1 aliphatic carbocycles. The predicted molar refractivity (Wildman–Crippen MR) is 113 cm³/mol. The number of rotatable bonds is 5. The number of hydrogen-bond donors (Lipinski definition) is 1. The number of carbonyl (C=O) groups excluding carboxylic acids is 1. The molecule has 0 bridgehead atoms. The Kier molecular flexibility index (Phi) is 6.09. The molecule has 2 heterocycles. The largest absolute Gasteiger partial charge is 0.481 e. The van der Waals surface area contributed by atoms with Crippen molar-refractivity contribution in [2.75, 3.05) is 38.1 Å². The number of carboxylic acid groups (broad SMARTS) is 1. The number of hydrogen-bond acceptors (Lipinski definition) is 3. The van der Waals surface area contributed by atoms with E-state index < -0.39 is 5.97 Å². The van der Waals surface area contributed by atoms with Gasteiger partial charge in [-0.1, -0.05) is 6.07 Å². The Hall–Kier alpha value is -2.08. The molecule has 6 heteroatoms. The Bertz CT molecular complexity index is 758. The van der Waals surface area contributed by atoms with Gasteiger partial charge in [-0.3, -0.25) is 9.69 Å². The lowest BCUT2D eigenvalue weighted by Gasteiger charge is -2.34. The van der Waals surface area contributed by atoms with E-state index in [9.17, 15) is 9.59 Å². The van der Waals surface area contributed by atoms with Crippen molar-refractivity contribution in [1.29, 1.82) is 0 Å². The summed E-state index contributed by atoms with van der Waals surface area (Å²) in [5, 5.41) is 8.88. The van der Waals surface area contributed by atoms with Crippen LogP contribution in [-0.4, -0.2) is 66.2 Å². The lowest BCUT2D eigenvalue weighted by Crippen LogP contribution is -2.41. The molecule has 2 aliphatic heterocycles. The Balaban J connectivity index is 1.37. The first-order valence-electron chi connectivity index (χ1n) is 11.1. The van der Waals surface area contributed by atoms with Crippen molar-refractivity contribution < 1.29 is 14.7 Å². The average Bonchev–Trinajstić information content (AvgIpc) is 3.00. The maximum atomic E-state index is 13.2. The summed E-state index contributed by atoms with van der Waals surface area (Å²) in [6, 6.07) is 7.02. The zero-order valence-electron chi connectivity index (χ0n) is 17.5. The zero-order chi connectivity index (χ0) is 20.4. The van der Waals surface area contributed by atoms with Crippen molar-refractivity contribution in [2.45, 2.75) is 57.4 Å². The number of amides is 2.